The van der Waals surface area contributed by atoms with Crippen LogP contribution in [-0.4, -0.2) is 15.3 Å². The lowest BCUT2D eigenvalue weighted by Crippen LogP contribution is -1.84. The lowest BCUT2D eigenvalue weighted by Gasteiger charge is -2.03. The second-order valence-electron chi connectivity index (χ2n) is 3.64. The standard InChI is InChI=1S/C12H8ClN3OS/c13-9-6-14-5-4-11(9)18-7-8-2-1-3-10-12(8)16-17-15-10/h1-6H,7H2. The van der Waals surface area contributed by atoms with E-state index in [0.717, 1.165) is 27.2 Å². The van der Waals surface area contributed by atoms with Crippen LogP contribution >= 0.6 is 23.4 Å². The molecule has 0 aliphatic heterocycles. The molecule has 3 aromatic rings. The van der Waals surface area contributed by atoms with Crippen LogP contribution in [0, 0.1) is 0 Å². The molecule has 0 amide bonds. The molecule has 0 saturated carbocycles. The first-order valence-electron chi connectivity index (χ1n) is 5.27. The van der Waals surface area contributed by atoms with E-state index in [2.05, 4.69) is 15.3 Å². The van der Waals surface area contributed by atoms with Crippen LogP contribution in [0.15, 0.2) is 46.2 Å². The van der Waals surface area contributed by atoms with E-state index in [9.17, 15) is 0 Å². The van der Waals surface area contributed by atoms with Gasteiger partial charge < -0.3 is 0 Å². The molecular formula is C12H8ClN3OS. The number of hydrogen-bond acceptors (Lipinski definition) is 5. The molecule has 0 spiro atoms. The number of halogens is 1. The largest absolute Gasteiger partial charge is 0.263 e. The van der Waals surface area contributed by atoms with Gasteiger partial charge in [-0.25, -0.2) is 4.63 Å². The van der Waals surface area contributed by atoms with Crippen molar-refractivity contribution < 1.29 is 4.63 Å². The number of aromatic nitrogens is 3. The zero-order valence-corrected chi connectivity index (χ0v) is 10.8. The van der Waals surface area contributed by atoms with Crippen LogP contribution in [0.2, 0.25) is 5.02 Å². The van der Waals surface area contributed by atoms with E-state index in [-0.39, 0.29) is 0 Å². The first kappa shape index (κ1) is 11.5. The molecule has 0 unspecified atom stereocenters. The second kappa shape index (κ2) is 4.96. The summed E-state index contributed by atoms with van der Waals surface area (Å²) in [5, 5.41) is 8.39. The van der Waals surface area contributed by atoms with Crippen LogP contribution in [0.25, 0.3) is 11.0 Å². The highest BCUT2D eigenvalue weighted by Crippen LogP contribution is 2.30. The summed E-state index contributed by atoms with van der Waals surface area (Å²) in [7, 11) is 0. The molecule has 0 N–H and O–H groups in total. The highest BCUT2D eigenvalue weighted by Gasteiger charge is 2.07. The zero-order chi connectivity index (χ0) is 12.4. The molecule has 4 nitrogen and oxygen atoms in total. The number of pyridine rings is 1. The van der Waals surface area contributed by atoms with Crippen molar-refractivity contribution >= 4 is 34.4 Å². The number of fused-ring (bicyclic) bond motifs is 1. The van der Waals surface area contributed by atoms with Crippen molar-refractivity contribution in [3.8, 4) is 0 Å². The Hall–Kier alpha value is -1.59. The monoisotopic (exact) mass is 277 g/mol. The van der Waals surface area contributed by atoms with E-state index in [0.29, 0.717) is 5.02 Å². The van der Waals surface area contributed by atoms with Crippen molar-refractivity contribution in [2.75, 3.05) is 0 Å². The Balaban J connectivity index is 1.85. The van der Waals surface area contributed by atoms with Gasteiger partial charge in [0.15, 0.2) is 0 Å². The molecular weight excluding hydrogens is 270 g/mol. The number of rotatable bonds is 3. The highest BCUT2D eigenvalue weighted by atomic mass is 35.5. The Labute approximate surface area is 112 Å². The molecule has 2 aromatic heterocycles. The molecule has 0 saturated heterocycles. The molecule has 0 atom stereocenters. The minimum Gasteiger partial charge on any atom is -0.263 e. The van der Waals surface area contributed by atoms with Gasteiger partial charge in [0.05, 0.1) is 5.02 Å². The summed E-state index contributed by atoms with van der Waals surface area (Å²) in [6.45, 7) is 0. The van der Waals surface area contributed by atoms with Gasteiger partial charge >= 0.3 is 0 Å². The normalized spacial score (nSPS) is 10.9. The Bertz CT molecular complexity index is 686. The number of benzene rings is 1. The number of nitrogens with zero attached hydrogens (tertiary/aromatic N) is 3. The van der Waals surface area contributed by atoms with E-state index in [4.69, 9.17) is 16.2 Å². The third kappa shape index (κ3) is 2.19. The predicted octanol–water partition coefficient (Wildman–Crippen LogP) is 3.56. The summed E-state index contributed by atoms with van der Waals surface area (Å²) in [5.41, 5.74) is 2.65. The summed E-state index contributed by atoms with van der Waals surface area (Å²) in [6, 6.07) is 7.72. The Morgan fingerprint density at radius 2 is 2.17 bits per heavy atom. The van der Waals surface area contributed by atoms with Gasteiger partial charge in [0.1, 0.15) is 11.0 Å². The number of hydrogen-bond donors (Lipinski definition) is 0. The van der Waals surface area contributed by atoms with Gasteiger partial charge in [-0.2, -0.15) is 0 Å². The summed E-state index contributed by atoms with van der Waals surface area (Å²) in [4.78, 5) is 4.96. The first-order chi connectivity index (χ1) is 8.84. The maximum Gasteiger partial charge on any atom is 0.139 e. The van der Waals surface area contributed by atoms with Crippen molar-refractivity contribution in [3.63, 3.8) is 0 Å². The fourth-order valence-electron chi connectivity index (χ4n) is 1.61. The molecule has 0 bridgehead atoms. The van der Waals surface area contributed by atoms with E-state index in [1.54, 1.807) is 24.2 Å². The molecule has 2 heterocycles. The fourth-order valence-corrected chi connectivity index (χ4v) is 2.79. The molecule has 90 valence electrons. The molecule has 1 aromatic carbocycles. The molecule has 0 aliphatic rings. The summed E-state index contributed by atoms with van der Waals surface area (Å²) < 4.78 is 4.74. The average Bonchev–Trinajstić information content (AvgIpc) is 2.86. The molecule has 18 heavy (non-hydrogen) atoms. The maximum absolute atomic E-state index is 6.06. The molecule has 0 radical (unpaired) electrons. The minimum absolute atomic E-state index is 0.660. The number of thioether (sulfide) groups is 1. The third-order valence-corrected chi connectivity index (χ3v) is 4.02. The summed E-state index contributed by atoms with van der Waals surface area (Å²) in [6.07, 6.45) is 3.37. The van der Waals surface area contributed by atoms with Gasteiger partial charge in [-0.1, -0.05) is 23.7 Å². The van der Waals surface area contributed by atoms with E-state index >= 15 is 0 Å². The second-order valence-corrected chi connectivity index (χ2v) is 5.07. The van der Waals surface area contributed by atoms with Gasteiger partial charge in [-0.3, -0.25) is 4.98 Å². The van der Waals surface area contributed by atoms with Gasteiger partial charge in [-0.15, -0.1) is 11.8 Å². The smallest absolute Gasteiger partial charge is 0.139 e. The van der Waals surface area contributed by atoms with Gasteiger partial charge in [0.2, 0.25) is 0 Å². The van der Waals surface area contributed by atoms with Crippen LogP contribution in [0.5, 0.6) is 0 Å². The van der Waals surface area contributed by atoms with Crippen molar-refractivity contribution in [2.45, 2.75) is 10.6 Å². The van der Waals surface area contributed by atoms with Crippen molar-refractivity contribution in [1.82, 2.24) is 15.3 Å². The highest BCUT2D eigenvalue weighted by molar-refractivity contribution is 7.98. The summed E-state index contributed by atoms with van der Waals surface area (Å²) in [5.74, 6) is 0.759. The van der Waals surface area contributed by atoms with Crippen LogP contribution in [0.1, 0.15) is 5.56 Å². The molecule has 0 aliphatic carbocycles. The quantitative estimate of drug-likeness (QED) is 0.685. The van der Waals surface area contributed by atoms with Crippen molar-refractivity contribution in [2.24, 2.45) is 0 Å². The topological polar surface area (TPSA) is 51.8 Å². The Kier molecular flexibility index (Phi) is 3.17. The summed E-state index contributed by atoms with van der Waals surface area (Å²) >= 11 is 7.69. The van der Waals surface area contributed by atoms with Gasteiger partial charge in [0, 0.05) is 23.0 Å². The van der Waals surface area contributed by atoms with E-state index in [1.807, 2.05) is 24.3 Å². The lowest BCUT2D eigenvalue weighted by molar-refractivity contribution is 0.315. The SMILES string of the molecule is Clc1cnccc1SCc1cccc2nonc12. The van der Waals surface area contributed by atoms with E-state index in [1.165, 1.54) is 0 Å². The lowest BCUT2D eigenvalue weighted by atomic mass is 10.2. The molecule has 0 fully saturated rings. The zero-order valence-electron chi connectivity index (χ0n) is 9.21. The van der Waals surface area contributed by atoms with Crippen LogP contribution in [0.4, 0.5) is 0 Å². The predicted molar refractivity (Wildman–Crippen MR) is 70.6 cm³/mol. The first-order valence-corrected chi connectivity index (χ1v) is 6.63. The Morgan fingerprint density at radius 1 is 1.22 bits per heavy atom. The minimum atomic E-state index is 0.660. The average molecular weight is 278 g/mol. The van der Waals surface area contributed by atoms with Crippen LogP contribution in [-0.2, 0) is 5.75 Å². The van der Waals surface area contributed by atoms with Crippen LogP contribution < -0.4 is 0 Å². The van der Waals surface area contributed by atoms with Gasteiger partial charge in [0.25, 0.3) is 0 Å². The van der Waals surface area contributed by atoms with Crippen molar-refractivity contribution in [1.29, 1.82) is 0 Å². The van der Waals surface area contributed by atoms with Crippen LogP contribution in [0.3, 0.4) is 0 Å². The third-order valence-electron chi connectivity index (χ3n) is 2.49. The Morgan fingerprint density at radius 3 is 3.06 bits per heavy atom. The molecule has 3 rings (SSSR count). The van der Waals surface area contributed by atoms with Gasteiger partial charge in [-0.05, 0) is 28.0 Å². The van der Waals surface area contributed by atoms with E-state index < -0.39 is 0 Å². The fraction of sp³-hybridized carbons (Fsp3) is 0.0833. The maximum atomic E-state index is 6.06. The van der Waals surface area contributed by atoms with Crippen molar-refractivity contribution in [3.05, 3.63) is 47.2 Å². The molecule has 6 heteroatoms.